The second-order valence-electron chi connectivity index (χ2n) is 7.90. The van der Waals surface area contributed by atoms with Crippen LogP contribution in [0.1, 0.15) is 57.0 Å². The van der Waals surface area contributed by atoms with Gasteiger partial charge in [0.15, 0.2) is 5.15 Å². The summed E-state index contributed by atoms with van der Waals surface area (Å²) in [5.41, 5.74) is 1.33. The number of imidazole rings is 1. The summed E-state index contributed by atoms with van der Waals surface area (Å²) in [5.74, 6) is 1.29. The number of likely N-dealkylation sites (tertiary alicyclic amines) is 2. The molecule has 2 aliphatic heterocycles. The Morgan fingerprint density at radius 1 is 1.35 bits per heavy atom. The number of amides is 1. The first-order valence-electron chi connectivity index (χ1n) is 9.89. The third-order valence-corrected chi connectivity index (χ3v) is 6.25. The number of carbonyl (C=O) groups is 1. The molecule has 144 valence electrons. The number of hydrogen-bond acceptors (Lipinski definition) is 3. The van der Waals surface area contributed by atoms with Gasteiger partial charge in [0.1, 0.15) is 5.82 Å². The fraction of sp³-hybridized carbons (Fsp3) is 0.700. The Labute approximate surface area is 161 Å². The molecular formula is C20H31ClN4O. The molecule has 0 aliphatic carbocycles. The smallest absolute Gasteiger partial charge is 0.222 e. The van der Waals surface area contributed by atoms with Crippen molar-refractivity contribution in [2.75, 3.05) is 26.2 Å². The molecule has 0 saturated carbocycles. The number of rotatable bonds is 7. The van der Waals surface area contributed by atoms with Gasteiger partial charge in [0.25, 0.3) is 0 Å². The van der Waals surface area contributed by atoms with Crippen LogP contribution in [0.5, 0.6) is 0 Å². The van der Waals surface area contributed by atoms with Crippen molar-refractivity contribution in [3.05, 3.63) is 29.3 Å². The van der Waals surface area contributed by atoms with Gasteiger partial charge in [-0.15, -0.1) is 6.58 Å². The Bertz CT molecular complexity index is 634. The Balaban J connectivity index is 1.54. The van der Waals surface area contributed by atoms with Gasteiger partial charge >= 0.3 is 0 Å². The number of unbranched alkanes of at least 4 members (excludes halogenated alkanes) is 1. The van der Waals surface area contributed by atoms with E-state index < -0.39 is 0 Å². The number of aryl methyl sites for hydroxylation is 1. The van der Waals surface area contributed by atoms with Crippen molar-refractivity contribution in [1.29, 1.82) is 0 Å². The molecule has 1 aromatic heterocycles. The third-order valence-electron chi connectivity index (χ3n) is 5.94. The zero-order valence-corrected chi connectivity index (χ0v) is 16.7. The second kappa shape index (κ2) is 8.57. The van der Waals surface area contributed by atoms with Gasteiger partial charge in [-0.1, -0.05) is 31.0 Å². The van der Waals surface area contributed by atoms with E-state index in [1.54, 1.807) is 0 Å². The molecular weight excluding hydrogens is 348 g/mol. The number of carbonyl (C=O) groups excluding carboxylic acids is 1. The first kappa shape index (κ1) is 19.4. The zero-order chi connectivity index (χ0) is 18.6. The van der Waals surface area contributed by atoms with E-state index in [0.29, 0.717) is 18.1 Å². The predicted octanol–water partition coefficient (Wildman–Crippen LogP) is 3.80. The zero-order valence-electron chi connectivity index (χ0n) is 15.9. The molecule has 1 spiro atoms. The Morgan fingerprint density at radius 3 is 2.81 bits per heavy atom. The van der Waals surface area contributed by atoms with Crippen LogP contribution in [0.3, 0.4) is 0 Å². The number of nitrogens with one attached hydrogen (secondary N) is 1. The highest BCUT2D eigenvalue weighted by Gasteiger charge is 2.40. The maximum atomic E-state index is 12.1. The van der Waals surface area contributed by atoms with Crippen LogP contribution in [0.2, 0.25) is 5.15 Å². The average Bonchev–Trinajstić information content (AvgIpc) is 2.98. The average molecular weight is 379 g/mol. The van der Waals surface area contributed by atoms with Crippen LogP contribution in [0, 0.1) is 5.41 Å². The molecule has 2 saturated heterocycles. The van der Waals surface area contributed by atoms with E-state index in [9.17, 15) is 4.79 Å². The molecule has 0 bridgehead atoms. The molecule has 5 nitrogen and oxygen atoms in total. The summed E-state index contributed by atoms with van der Waals surface area (Å²) in [5, 5.41) is 0.622. The molecule has 2 aliphatic rings. The molecule has 0 atom stereocenters. The first-order chi connectivity index (χ1) is 12.5. The molecule has 3 rings (SSSR count). The first-order valence-corrected chi connectivity index (χ1v) is 10.3. The fourth-order valence-electron chi connectivity index (χ4n) is 4.25. The minimum atomic E-state index is 0.279. The molecule has 0 aromatic carbocycles. The minimum absolute atomic E-state index is 0.279. The number of H-pyrrole nitrogens is 1. The highest BCUT2D eigenvalue weighted by Crippen LogP contribution is 2.40. The topological polar surface area (TPSA) is 52.2 Å². The van der Waals surface area contributed by atoms with Gasteiger partial charge in [-0.2, -0.15) is 0 Å². The number of aromatic nitrogens is 2. The SMILES string of the molecule is C=CCN1CC2(CCC1=O)CCN(Cc1[nH]c(CCCC)nc1Cl)CC2. The summed E-state index contributed by atoms with van der Waals surface area (Å²) in [7, 11) is 0. The van der Waals surface area contributed by atoms with E-state index in [2.05, 4.69) is 28.4 Å². The molecule has 6 heteroatoms. The molecule has 1 N–H and O–H groups in total. The maximum absolute atomic E-state index is 12.1. The van der Waals surface area contributed by atoms with Gasteiger partial charge in [0, 0.05) is 32.5 Å². The van der Waals surface area contributed by atoms with Gasteiger partial charge in [-0.05, 0) is 44.2 Å². The molecule has 3 heterocycles. The largest absolute Gasteiger partial charge is 0.344 e. The van der Waals surface area contributed by atoms with Crippen molar-refractivity contribution in [3.63, 3.8) is 0 Å². The van der Waals surface area contributed by atoms with Crippen LogP contribution >= 0.6 is 11.6 Å². The van der Waals surface area contributed by atoms with Crippen molar-refractivity contribution in [1.82, 2.24) is 19.8 Å². The van der Waals surface area contributed by atoms with E-state index in [-0.39, 0.29) is 11.3 Å². The summed E-state index contributed by atoms with van der Waals surface area (Å²) in [4.78, 5) is 24.4. The monoisotopic (exact) mass is 378 g/mol. The van der Waals surface area contributed by atoms with Gasteiger partial charge in [-0.25, -0.2) is 4.98 Å². The van der Waals surface area contributed by atoms with E-state index in [1.807, 2.05) is 11.0 Å². The van der Waals surface area contributed by atoms with Gasteiger partial charge in [-0.3, -0.25) is 9.69 Å². The highest BCUT2D eigenvalue weighted by atomic mass is 35.5. The number of aromatic amines is 1. The second-order valence-corrected chi connectivity index (χ2v) is 8.25. The predicted molar refractivity (Wildman–Crippen MR) is 105 cm³/mol. The quantitative estimate of drug-likeness (QED) is 0.734. The van der Waals surface area contributed by atoms with Crippen LogP contribution in [0.25, 0.3) is 0 Å². The summed E-state index contributed by atoms with van der Waals surface area (Å²) in [6.07, 6.45) is 9.09. The Hall–Kier alpha value is -1.33. The molecule has 1 aromatic rings. The van der Waals surface area contributed by atoms with E-state index >= 15 is 0 Å². The molecule has 1 amide bonds. The lowest BCUT2D eigenvalue weighted by molar-refractivity contribution is -0.138. The van der Waals surface area contributed by atoms with E-state index in [1.165, 1.54) is 0 Å². The third kappa shape index (κ3) is 4.49. The van der Waals surface area contributed by atoms with Crippen molar-refractivity contribution in [2.45, 2.75) is 58.4 Å². The summed E-state index contributed by atoms with van der Waals surface area (Å²) >= 11 is 6.33. The fourth-order valence-corrected chi connectivity index (χ4v) is 4.46. The number of nitrogens with zero attached hydrogens (tertiary/aromatic N) is 3. The lowest BCUT2D eigenvalue weighted by Gasteiger charge is -2.47. The van der Waals surface area contributed by atoms with E-state index in [0.717, 1.165) is 76.2 Å². The maximum Gasteiger partial charge on any atom is 0.222 e. The molecule has 26 heavy (non-hydrogen) atoms. The molecule has 2 fully saturated rings. The number of hydrogen-bond donors (Lipinski definition) is 1. The van der Waals surface area contributed by atoms with Gasteiger partial charge in [0.05, 0.1) is 5.69 Å². The standard InChI is InChI=1S/C20H31ClN4O/c1-3-5-6-17-22-16(19(21)23-17)14-24-12-9-20(10-13-24)8-7-18(26)25(15-20)11-4-2/h4H,2-3,5-15H2,1H3,(H,22,23). The lowest BCUT2D eigenvalue weighted by Crippen LogP contribution is -2.51. The lowest BCUT2D eigenvalue weighted by atomic mass is 9.72. The summed E-state index contributed by atoms with van der Waals surface area (Å²) < 4.78 is 0. The Morgan fingerprint density at radius 2 is 2.12 bits per heavy atom. The van der Waals surface area contributed by atoms with Crippen LogP contribution in [0.15, 0.2) is 12.7 Å². The number of piperidine rings is 2. The van der Waals surface area contributed by atoms with Crippen LogP contribution in [0.4, 0.5) is 0 Å². The van der Waals surface area contributed by atoms with Gasteiger partial charge in [0.2, 0.25) is 5.91 Å². The van der Waals surface area contributed by atoms with Gasteiger partial charge < -0.3 is 9.88 Å². The van der Waals surface area contributed by atoms with Crippen molar-refractivity contribution in [2.24, 2.45) is 5.41 Å². The number of halogens is 1. The van der Waals surface area contributed by atoms with Crippen molar-refractivity contribution in [3.8, 4) is 0 Å². The molecule has 0 unspecified atom stereocenters. The van der Waals surface area contributed by atoms with Crippen molar-refractivity contribution < 1.29 is 4.79 Å². The Kier molecular flexibility index (Phi) is 6.41. The van der Waals surface area contributed by atoms with Crippen molar-refractivity contribution >= 4 is 17.5 Å². The highest BCUT2D eigenvalue weighted by molar-refractivity contribution is 6.30. The van der Waals surface area contributed by atoms with Crippen LogP contribution < -0.4 is 0 Å². The molecule has 0 radical (unpaired) electrons. The van der Waals surface area contributed by atoms with Crippen LogP contribution in [-0.2, 0) is 17.8 Å². The normalized spacial score (nSPS) is 20.7. The minimum Gasteiger partial charge on any atom is -0.344 e. The summed E-state index contributed by atoms with van der Waals surface area (Å²) in [6.45, 7) is 10.5. The summed E-state index contributed by atoms with van der Waals surface area (Å²) in [6, 6.07) is 0. The van der Waals surface area contributed by atoms with Crippen LogP contribution in [-0.4, -0.2) is 51.9 Å². The van der Waals surface area contributed by atoms with E-state index in [4.69, 9.17) is 11.6 Å².